The van der Waals surface area contributed by atoms with E-state index in [4.69, 9.17) is 10.5 Å². The smallest absolute Gasteiger partial charge is 0.258 e. The van der Waals surface area contributed by atoms with E-state index in [2.05, 4.69) is 11.9 Å². The second-order valence-electron chi connectivity index (χ2n) is 4.21. The standard InChI is InChI=1S/C14H20N2O2/c1-3-8-16-14(17)10-18-13-6-4-12(5-7-13)9-11(2)15/h3-7,11H,1,8-10,15H2,2H3,(H,16,17). The van der Waals surface area contributed by atoms with E-state index >= 15 is 0 Å². The Bertz CT molecular complexity index is 385. The Balaban J connectivity index is 2.39. The Morgan fingerprint density at radius 3 is 2.72 bits per heavy atom. The van der Waals surface area contributed by atoms with Gasteiger partial charge in [-0.1, -0.05) is 18.2 Å². The number of hydrogen-bond acceptors (Lipinski definition) is 3. The maximum absolute atomic E-state index is 11.3. The van der Waals surface area contributed by atoms with E-state index in [-0.39, 0.29) is 18.6 Å². The fraction of sp³-hybridized carbons (Fsp3) is 0.357. The Kier molecular flexibility index (Phi) is 5.94. The van der Waals surface area contributed by atoms with Crippen LogP contribution in [0.3, 0.4) is 0 Å². The van der Waals surface area contributed by atoms with Gasteiger partial charge in [-0.25, -0.2) is 0 Å². The topological polar surface area (TPSA) is 64.3 Å². The van der Waals surface area contributed by atoms with Crippen molar-refractivity contribution in [3.05, 3.63) is 42.5 Å². The molecule has 4 nitrogen and oxygen atoms in total. The quantitative estimate of drug-likeness (QED) is 0.714. The molecule has 1 unspecified atom stereocenters. The number of nitrogens with two attached hydrogens (primary N) is 1. The second kappa shape index (κ2) is 7.50. The van der Waals surface area contributed by atoms with E-state index in [0.717, 1.165) is 12.0 Å². The first-order valence-corrected chi connectivity index (χ1v) is 5.96. The van der Waals surface area contributed by atoms with Crippen LogP contribution in [0.2, 0.25) is 0 Å². The van der Waals surface area contributed by atoms with Crippen molar-refractivity contribution in [3.8, 4) is 5.75 Å². The predicted octanol–water partition coefficient (Wildman–Crippen LogP) is 1.26. The van der Waals surface area contributed by atoms with Crippen molar-refractivity contribution < 1.29 is 9.53 Å². The monoisotopic (exact) mass is 248 g/mol. The van der Waals surface area contributed by atoms with Crippen molar-refractivity contribution in [2.75, 3.05) is 13.2 Å². The molecule has 0 saturated carbocycles. The molecule has 0 spiro atoms. The van der Waals surface area contributed by atoms with Gasteiger partial charge in [0.25, 0.3) is 5.91 Å². The minimum absolute atomic E-state index is 0.0144. The zero-order valence-electron chi connectivity index (χ0n) is 10.7. The lowest BCUT2D eigenvalue weighted by Gasteiger charge is -2.08. The van der Waals surface area contributed by atoms with Crippen LogP contribution in [0.5, 0.6) is 5.75 Å². The summed E-state index contributed by atoms with van der Waals surface area (Å²) in [5, 5.41) is 2.64. The van der Waals surface area contributed by atoms with Crippen LogP contribution in [-0.2, 0) is 11.2 Å². The summed E-state index contributed by atoms with van der Waals surface area (Å²) >= 11 is 0. The SMILES string of the molecule is C=CCNC(=O)COc1ccc(CC(C)N)cc1. The number of nitrogens with one attached hydrogen (secondary N) is 1. The summed E-state index contributed by atoms with van der Waals surface area (Å²) < 4.78 is 5.35. The molecule has 98 valence electrons. The first kappa shape index (κ1) is 14.3. The molecule has 0 bridgehead atoms. The Morgan fingerprint density at radius 1 is 1.50 bits per heavy atom. The molecule has 4 heteroatoms. The van der Waals surface area contributed by atoms with Gasteiger partial charge in [0.1, 0.15) is 5.75 Å². The van der Waals surface area contributed by atoms with Crippen molar-refractivity contribution in [2.24, 2.45) is 5.73 Å². The first-order chi connectivity index (χ1) is 8.61. The normalized spacial score (nSPS) is 11.7. The van der Waals surface area contributed by atoms with Crippen LogP contribution in [-0.4, -0.2) is 25.1 Å². The molecule has 1 atom stereocenters. The fourth-order valence-corrected chi connectivity index (χ4v) is 1.48. The van der Waals surface area contributed by atoms with Gasteiger partial charge in [-0.3, -0.25) is 4.79 Å². The van der Waals surface area contributed by atoms with Gasteiger partial charge in [0.2, 0.25) is 0 Å². The Hall–Kier alpha value is -1.81. The van der Waals surface area contributed by atoms with Gasteiger partial charge in [-0.2, -0.15) is 0 Å². The number of amides is 1. The molecule has 1 amide bonds. The van der Waals surface area contributed by atoms with Gasteiger partial charge in [-0.05, 0) is 31.0 Å². The van der Waals surface area contributed by atoms with Crippen LogP contribution in [0.25, 0.3) is 0 Å². The highest BCUT2D eigenvalue weighted by Gasteiger charge is 2.02. The minimum atomic E-state index is -0.158. The molecule has 0 heterocycles. The van der Waals surface area contributed by atoms with Gasteiger partial charge < -0.3 is 15.8 Å². The highest BCUT2D eigenvalue weighted by Crippen LogP contribution is 2.12. The van der Waals surface area contributed by atoms with Crippen LogP contribution >= 0.6 is 0 Å². The van der Waals surface area contributed by atoms with Crippen molar-refractivity contribution in [1.82, 2.24) is 5.32 Å². The molecule has 1 aromatic carbocycles. The number of carbonyl (C=O) groups is 1. The van der Waals surface area contributed by atoms with Crippen LogP contribution in [0.15, 0.2) is 36.9 Å². The fourth-order valence-electron chi connectivity index (χ4n) is 1.48. The van der Waals surface area contributed by atoms with Crippen LogP contribution in [0, 0.1) is 0 Å². The van der Waals surface area contributed by atoms with Crippen LogP contribution in [0.1, 0.15) is 12.5 Å². The zero-order chi connectivity index (χ0) is 13.4. The molecule has 0 saturated heterocycles. The summed E-state index contributed by atoms with van der Waals surface area (Å²) in [4.78, 5) is 11.3. The highest BCUT2D eigenvalue weighted by atomic mass is 16.5. The summed E-state index contributed by atoms with van der Waals surface area (Å²) in [6.07, 6.45) is 2.46. The average molecular weight is 248 g/mol. The molecule has 18 heavy (non-hydrogen) atoms. The summed E-state index contributed by atoms with van der Waals surface area (Å²) in [7, 11) is 0. The first-order valence-electron chi connectivity index (χ1n) is 5.96. The predicted molar refractivity (Wildman–Crippen MR) is 72.5 cm³/mol. The van der Waals surface area contributed by atoms with Gasteiger partial charge in [0, 0.05) is 12.6 Å². The Morgan fingerprint density at radius 2 is 2.17 bits per heavy atom. The lowest BCUT2D eigenvalue weighted by molar-refractivity contribution is -0.122. The third-order valence-corrected chi connectivity index (χ3v) is 2.29. The van der Waals surface area contributed by atoms with E-state index in [0.29, 0.717) is 12.3 Å². The zero-order valence-corrected chi connectivity index (χ0v) is 10.7. The molecule has 0 fully saturated rings. The van der Waals surface area contributed by atoms with Crippen LogP contribution in [0.4, 0.5) is 0 Å². The molecule has 0 aliphatic carbocycles. The van der Waals surface area contributed by atoms with Crippen molar-refractivity contribution >= 4 is 5.91 Å². The lowest BCUT2D eigenvalue weighted by Crippen LogP contribution is -2.28. The highest BCUT2D eigenvalue weighted by molar-refractivity contribution is 5.77. The maximum Gasteiger partial charge on any atom is 0.258 e. The lowest BCUT2D eigenvalue weighted by atomic mass is 10.1. The average Bonchev–Trinajstić information content (AvgIpc) is 2.35. The second-order valence-corrected chi connectivity index (χ2v) is 4.21. The summed E-state index contributed by atoms with van der Waals surface area (Å²) in [6, 6.07) is 7.75. The van der Waals surface area contributed by atoms with Gasteiger partial charge in [-0.15, -0.1) is 6.58 Å². The molecule has 0 aliphatic heterocycles. The van der Waals surface area contributed by atoms with Crippen molar-refractivity contribution in [1.29, 1.82) is 0 Å². The number of carbonyl (C=O) groups excluding carboxylic acids is 1. The number of hydrogen-bond donors (Lipinski definition) is 2. The van der Waals surface area contributed by atoms with E-state index in [1.54, 1.807) is 6.08 Å². The largest absolute Gasteiger partial charge is 0.484 e. The van der Waals surface area contributed by atoms with Gasteiger partial charge in [0.15, 0.2) is 6.61 Å². The molecule has 1 rings (SSSR count). The molecular weight excluding hydrogens is 228 g/mol. The third-order valence-electron chi connectivity index (χ3n) is 2.29. The number of ether oxygens (including phenoxy) is 1. The van der Waals surface area contributed by atoms with Crippen LogP contribution < -0.4 is 15.8 Å². The van der Waals surface area contributed by atoms with Gasteiger partial charge in [0.05, 0.1) is 0 Å². The summed E-state index contributed by atoms with van der Waals surface area (Å²) in [5.41, 5.74) is 6.88. The van der Waals surface area contributed by atoms with Crippen molar-refractivity contribution in [3.63, 3.8) is 0 Å². The summed E-state index contributed by atoms with van der Waals surface area (Å²) in [6.45, 7) is 5.95. The minimum Gasteiger partial charge on any atom is -0.484 e. The van der Waals surface area contributed by atoms with Gasteiger partial charge >= 0.3 is 0 Å². The molecular formula is C14H20N2O2. The maximum atomic E-state index is 11.3. The van der Waals surface area contributed by atoms with Crippen molar-refractivity contribution in [2.45, 2.75) is 19.4 Å². The van der Waals surface area contributed by atoms with E-state index in [1.165, 1.54) is 0 Å². The molecule has 3 N–H and O–H groups in total. The Labute approximate surface area is 108 Å². The third kappa shape index (κ3) is 5.50. The molecule has 1 aromatic rings. The van der Waals surface area contributed by atoms with E-state index in [1.807, 2.05) is 31.2 Å². The molecule has 0 aromatic heterocycles. The molecule has 0 radical (unpaired) electrons. The molecule has 0 aliphatic rings. The van der Waals surface area contributed by atoms with E-state index < -0.39 is 0 Å². The van der Waals surface area contributed by atoms with E-state index in [9.17, 15) is 4.79 Å². The number of rotatable bonds is 7. The number of benzene rings is 1. The summed E-state index contributed by atoms with van der Waals surface area (Å²) in [5.74, 6) is 0.520.